The Morgan fingerprint density at radius 1 is 1.08 bits per heavy atom. The number of anilines is 1. The SMILES string of the molecule is COc1cccc(OCCCN=C(N)Nc2cc(C)cc(C)c2)c1. The van der Waals surface area contributed by atoms with Crippen LogP contribution in [0, 0.1) is 13.8 Å². The number of guanidine groups is 1. The molecule has 0 fully saturated rings. The van der Waals surface area contributed by atoms with Gasteiger partial charge in [-0.1, -0.05) is 12.1 Å². The molecule has 0 aliphatic carbocycles. The maximum Gasteiger partial charge on any atom is 0.193 e. The number of methoxy groups -OCH3 is 1. The van der Waals surface area contributed by atoms with Crippen LogP contribution in [0.4, 0.5) is 5.69 Å². The maximum atomic E-state index is 5.92. The van der Waals surface area contributed by atoms with Crippen molar-refractivity contribution in [3.8, 4) is 11.5 Å². The number of aryl methyl sites for hydroxylation is 2. The van der Waals surface area contributed by atoms with Crippen LogP contribution in [-0.4, -0.2) is 26.2 Å². The zero-order chi connectivity index (χ0) is 17.4. The number of aliphatic imine (C=N–C) groups is 1. The standard InChI is InChI=1S/C19H25N3O2/c1-14-10-15(2)12-16(11-14)22-19(20)21-8-5-9-24-18-7-4-6-17(13-18)23-3/h4,6-7,10-13H,5,8-9H2,1-3H3,(H3,20,21,22). The van der Waals surface area contributed by atoms with E-state index in [0.717, 1.165) is 23.6 Å². The average Bonchev–Trinajstić information content (AvgIpc) is 2.53. The number of hydrogen-bond donors (Lipinski definition) is 2. The molecule has 2 aromatic carbocycles. The summed E-state index contributed by atoms with van der Waals surface area (Å²) in [4.78, 5) is 4.32. The molecule has 0 aliphatic rings. The van der Waals surface area contributed by atoms with Crippen LogP contribution in [0.5, 0.6) is 11.5 Å². The molecule has 0 aliphatic heterocycles. The fraction of sp³-hybridized carbons (Fsp3) is 0.316. The summed E-state index contributed by atoms with van der Waals surface area (Å²) in [5.41, 5.74) is 9.26. The summed E-state index contributed by atoms with van der Waals surface area (Å²) < 4.78 is 10.8. The van der Waals surface area contributed by atoms with Crippen molar-refractivity contribution in [2.24, 2.45) is 10.7 Å². The van der Waals surface area contributed by atoms with Crippen molar-refractivity contribution in [1.82, 2.24) is 0 Å². The van der Waals surface area contributed by atoms with Gasteiger partial charge in [0, 0.05) is 24.7 Å². The second-order valence-corrected chi connectivity index (χ2v) is 5.65. The predicted octanol–water partition coefficient (Wildman–Crippen LogP) is 3.51. The van der Waals surface area contributed by atoms with Gasteiger partial charge in [0.15, 0.2) is 5.96 Å². The van der Waals surface area contributed by atoms with Crippen molar-refractivity contribution in [3.05, 3.63) is 53.6 Å². The van der Waals surface area contributed by atoms with Crippen LogP contribution < -0.4 is 20.5 Å². The Hall–Kier alpha value is -2.69. The highest BCUT2D eigenvalue weighted by Crippen LogP contribution is 2.18. The Morgan fingerprint density at radius 2 is 1.79 bits per heavy atom. The predicted molar refractivity (Wildman–Crippen MR) is 99.1 cm³/mol. The number of nitrogens with one attached hydrogen (secondary N) is 1. The van der Waals surface area contributed by atoms with Crippen LogP contribution in [0.25, 0.3) is 0 Å². The Bertz CT molecular complexity index is 679. The fourth-order valence-electron chi connectivity index (χ4n) is 2.38. The molecular formula is C19H25N3O2. The first-order valence-electron chi connectivity index (χ1n) is 7.99. The molecule has 3 N–H and O–H groups in total. The van der Waals surface area contributed by atoms with Crippen molar-refractivity contribution in [3.63, 3.8) is 0 Å². The molecule has 0 amide bonds. The minimum atomic E-state index is 0.418. The van der Waals surface area contributed by atoms with Gasteiger partial charge in [0.25, 0.3) is 0 Å². The number of nitrogens with zero attached hydrogens (tertiary/aromatic N) is 1. The van der Waals surface area contributed by atoms with E-state index in [0.29, 0.717) is 19.1 Å². The third-order valence-corrected chi connectivity index (χ3v) is 3.39. The highest BCUT2D eigenvalue weighted by molar-refractivity contribution is 5.92. The van der Waals surface area contributed by atoms with Crippen LogP contribution in [0.1, 0.15) is 17.5 Å². The minimum Gasteiger partial charge on any atom is -0.497 e. The molecule has 2 aromatic rings. The first-order chi connectivity index (χ1) is 11.6. The zero-order valence-corrected chi connectivity index (χ0v) is 14.5. The van der Waals surface area contributed by atoms with Gasteiger partial charge in [0.2, 0.25) is 0 Å². The molecule has 0 unspecified atom stereocenters. The molecule has 24 heavy (non-hydrogen) atoms. The largest absolute Gasteiger partial charge is 0.497 e. The Kier molecular flexibility index (Phi) is 6.49. The van der Waals surface area contributed by atoms with Crippen LogP contribution in [-0.2, 0) is 0 Å². The van der Waals surface area contributed by atoms with E-state index in [-0.39, 0.29) is 0 Å². The maximum absolute atomic E-state index is 5.92. The van der Waals surface area contributed by atoms with E-state index in [1.54, 1.807) is 7.11 Å². The lowest BCUT2D eigenvalue weighted by molar-refractivity contribution is 0.311. The zero-order valence-electron chi connectivity index (χ0n) is 14.5. The molecule has 128 valence electrons. The topological polar surface area (TPSA) is 68.9 Å². The second-order valence-electron chi connectivity index (χ2n) is 5.65. The van der Waals surface area contributed by atoms with Gasteiger partial charge in [-0.3, -0.25) is 4.99 Å². The lowest BCUT2D eigenvalue weighted by atomic mass is 10.1. The number of nitrogens with two attached hydrogens (primary N) is 1. The molecule has 0 bridgehead atoms. The van der Waals surface area contributed by atoms with Crippen molar-refractivity contribution in [2.45, 2.75) is 20.3 Å². The smallest absolute Gasteiger partial charge is 0.193 e. The Labute approximate surface area is 143 Å². The molecule has 0 aromatic heterocycles. The third-order valence-electron chi connectivity index (χ3n) is 3.39. The Morgan fingerprint density at radius 3 is 2.50 bits per heavy atom. The van der Waals surface area contributed by atoms with Crippen molar-refractivity contribution >= 4 is 11.6 Å². The van der Waals surface area contributed by atoms with Crippen LogP contribution in [0.3, 0.4) is 0 Å². The normalized spacial score (nSPS) is 11.2. The first-order valence-corrected chi connectivity index (χ1v) is 7.99. The number of ether oxygens (including phenoxy) is 2. The minimum absolute atomic E-state index is 0.418. The molecule has 0 heterocycles. The van der Waals surface area contributed by atoms with E-state index in [9.17, 15) is 0 Å². The van der Waals surface area contributed by atoms with E-state index in [4.69, 9.17) is 15.2 Å². The van der Waals surface area contributed by atoms with Gasteiger partial charge in [0.05, 0.1) is 13.7 Å². The number of benzene rings is 2. The lowest BCUT2D eigenvalue weighted by Gasteiger charge is -2.09. The van der Waals surface area contributed by atoms with Gasteiger partial charge in [-0.15, -0.1) is 0 Å². The summed E-state index contributed by atoms with van der Waals surface area (Å²) in [6.45, 7) is 5.30. The van der Waals surface area contributed by atoms with E-state index in [1.165, 1.54) is 11.1 Å². The average molecular weight is 327 g/mol. The summed E-state index contributed by atoms with van der Waals surface area (Å²) in [6, 6.07) is 13.8. The van der Waals surface area contributed by atoms with E-state index < -0.39 is 0 Å². The molecule has 0 radical (unpaired) electrons. The monoisotopic (exact) mass is 327 g/mol. The van der Waals surface area contributed by atoms with Gasteiger partial charge in [-0.05, 0) is 49.2 Å². The fourth-order valence-corrected chi connectivity index (χ4v) is 2.38. The van der Waals surface area contributed by atoms with Gasteiger partial charge in [-0.25, -0.2) is 0 Å². The summed E-state index contributed by atoms with van der Waals surface area (Å²) >= 11 is 0. The second kappa shape index (κ2) is 8.82. The molecule has 0 spiro atoms. The summed E-state index contributed by atoms with van der Waals surface area (Å²) in [7, 11) is 1.64. The van der Waals surface area contributed by atoms with E-state index >= 15 is 0 Å². The summed E-state index contributed by atoms with van der Waals surface area (Å²) in [5.74, 6) is 1.99. The quantitative estimate of drug-likeness (QED) is 0.464. The van der Waals surface area contributed by atoms with Crippen LogP contribution in [0.2, 0.25) is 0 Å². The van der Waals surface area contributed by atoms with Crippen molar-refractivity contribution in [2.75, 3.05) is 25.6 Å². The lowest BCUT2D eigenvalue weighted by Crippen LogP contribution is -2.23. The molecule has 2 rings (SSSR count). The highest BCUT2D eigenvalue weighted by atomic mass is 16.5. The Balaban J connectivity index is 1.74. The molecule has 5 heteroatoms. The van der Waals surface area contributed by atoms with E-state index in [1.807, 2.05) is 36.4 Å². The van der Waals surface area contributed by atoms with Crippen molar-refractivity contribution < 1.29 is 9.47 Å². The van der Waals surface area contributed by atoms with Crippen molar-refractivity contribution in [1.29, 1.82) is 0 Å². The van der Waals surface area contributed by atoms with Gasteiger partial charge in [-0.2, -0.15) is 0 Å². The van der Waals surface area contributed by atoms with Gasteiger partial charge in [0.1, 0.15) is 11.5 Å². The van der Waals surface area contributed by atoms with Gasteiger partial charge < -0.3 is 20.5 Å². The van der Waals surface area contributed by atoms with E-state index in [2.05, 4.69) is 30.2 Å². The molecule has 0 saturated carbocycles. The van der Waals surface area contributed by atoms with Crippen LogP contribution in [0.15, 0.2) is 47.5 Å². The highest BCUT2D eigenvalue weighted by Gasteiger charge is 1.99. The number of rotatable bonds is 7. The third kappa shape index (κ3) is 5.83. The first kappa shape index (κ1) is 17.7. The molecule has 0 atom stereocenters. The van der Waals surface area contributed by atoms with Gasteiger partial charge >= 0.3 is 0 Å². The summed E-state index contributed by atoms with van der Waals surface area (Å²) in [5, 5.41) is 3.12. The molecule has 5 nitrogen and oxygen atoms in total. The molecular weight excluding hydrogens is 302 g/mol. The summed E-state index contributed by atoms with van der Waals surface area (Å²) in [6.07, 6.45) is 0.784. The van der Waals surface area contributed by atoms with Crippen LogP contribution >= 0.6 is 0 Å². The molecule has 0 saturated heterocycles. The number of hydrogen-bond acceptors (Lipinski definition) is 3.